The molecular weight excluding hydrogens is 248 g/mol. The summed E-state index contributed by atoms with van der Waals surface area (Å²) in [4.78, 5) is 36.7. The molecule has 7 heteroatoms. The van der Waals surface area contributed by atoms with Crippen LogP contribution >= 0.6 is 0 Å². The molecule has 106 valence electrons. The fourth-order valence-electron chi connectivity index (χ4n) is 2.53. The van der Waals surface area contributed by atoms with Crippen molar-refractivity contribution in [1.82, 2.24) is 15.5 Å². The summed E-state index contributed by atoms with van der Waals surface area (Å²) < 4.78 is 0. The molecule has 2 heterocycles. The Labute approximate surface area is 111 Å². The number of hydrogen-bond acceptors (Lipinski definition) is 4. The highest BCUT2D eigenvalue weighted by atomic mass is 16.2. The molecule has 0 saturated carbocycles. The smallest absolute Gasteiger partial charge is 0.322 e. The number of rotatable bonds is 3. The second kappa shape index (κ2) is 5.16. The minimum Gasteiger partial charge on any atom is -0.342 e. The zero-order valence-corrected chi connectivity index (χ0v) is 11.1. The molecule has 1 spiro atoms. The van der Waals surface area contributed by atoms with Gasteiger partial charge >= 0.3 is 6.03 Å². The van der Waals surface area contributed by atoms with Crippen LogP contribution < -0.4 is 16.4 Å². The van der Waals surface area contributed by atoms with E-state index in [1.54, 1.807) is 4.90 Å². The van der Waals surface area contributed by atoms with Gasteiger partial charge in [0.05, 0.1) is 0 Å². The van der Waals surface area contributed by atoms with Crippen LogP contribution in [-0.2, 0) is 9.59 Å². The number of carbonyl (C=O) groups excluding carboxylic acids is 3. The molecule has 0 aromatic rings. The number of nitrogens with one attached hydrogen (secondary N) is 2. The highest BCUT2D eigenvalue weighted by molar-refractivity contribution is 6.07. The van der Waals surface area contributed by atoms with E-state index in [4.69, 9.17) is 5.73 Å². The third-order valence-corrected chi connectivity index (χ3v) is 3.91. The number of urea groups is 1. The van der Waals surface area contributed by atoms with E-state index >= 15 is 0 Å². The van der Waals surface area contributed by atoms with Gasteiger partial charge < -0.3 is 16.0 Å². The average Bonchev–Trinajstić information content (AvgIpc) is 2.64. The second-order valence-electron chi connectivity index (χ2n) is 5.42. The first-order valence-electron chi connectivity index (χ1n) is 6.58. The van der Waals surface area contributed by atoms with Crippen molar-refractivity contribution in [3.63, 3.8) is 0 Å². The quantitative estimate of drug-likeness (QED) is 0.581. The maximum Gasteiger partial charge on any atom is 0.322 e. The first-order valence-corrected chi connectivity index (χ1v) is 6.58. The van der Waals surface area contributed by atoms with Crippen molar-refractivity contribution in [3.05, 3.63) is 0 Å². The van der Waals surface area contributed by atoms with Gasteiger partial charge in [-0.1, -0.05) is 6.92 Å². The standard InChI is InChI=1S/C12H20N4O3/c1-8(7-13)6-9(17)16-4-2-12(3-5-16)10(18)14-11(19)15-12/h8H,2-7,13H2,1H3,(H2,14,15,18,19). The van der Waals surface area contributed by atoms with Crippen LogP contribution in [0.25, 0.3) is 0 Å². The molecule has 0 bridgehead atoms. The number of nitrogens with zero attached hydrogens (tertiary/aromatic N) is 1. The van der Waals surface area contributed by atoms with Gasteiger partial charge in [0.2, 0.25) is 5.91 Å². The Morgan fingerprint density at radius 3 is 2.53 bits per heavy atom. The molecule has 19 heavy (non-hydrogen) atoms. The van der Waals surface area contributed by atoms with Crippen molar-refractivity contribution >= 4 is 17.8 Å². The van der Waals surface area contributed by atoms with Gasteiger partial charge in [-0.15, -0.1) is 0 Å². The van der Waals surface area contributed by atoms with Crippen LogP contribution in [0.3, 0.4) is 0 Å². The normalized spacial score (nSPS) is 23.2. The van der Waals surface area contributed by atoms with Gasteiger partial charge in [0.1, 0.15) is 5.54 Å². The largest absolute Gasteiger partial charge is 0.342 e. The van der Waals surface area contributed by atoms with Gasteiger partial charge in [0.25, 0.3) is 5.91 Å². The van der Waals surface area contributed by atoms with Gasteiger partial charge in [-0.2, -0.15) is 0 Å². The summed E-state index contributed by atoms with van der Waals surface area (Å²) in [6.07, 6.45) is 1.36. The third-order valence-electron chi connectivity index (χ3n) is 3.91. The Morgan fingerprint density at radius 1 is 1.42 bits per heavy atom. The Morgan fingerprint density at radius 2 is 2.05 bits per heavy atom. The predicted molar refractivity (Wildman–Crippen MR) is 68.1 cm³/mol. The number of piperidine rings is 1. The van der Waals surface area contributed by atoms with Gasteiger partial charge in [0, 0.05) is 19.5 Å². The number of hydrogen-bond donors (Lipinski definition) is 3. The van der Waals surface area contributed by atoms with E-state index in [9.17, 15) is 14.4 Å². The lowest BCUT2D eigenvalue weighted by Gasteiger charge is -2.37. The topological polar surface area (TPSA) is 105 Å². The van der Waals surface area contributed by atoms with Gasteiger partial charge in [-0.25, -0.2) is 4.79 Å². The lowest BCUT2D eigenvalue weighted by molar-refractivity contribution is -0.136. The summed E-state index contributed by atoms with van der Waals surface area (Å²) in [5.74, 6) is -0.0460. The predicted octanol–water partition coefficient (Wildman–Crippen LogP) is -0.828. The van der Waals surface area contributed by atoms with E-state index in [0.29, 0.717) is 38.9 Å². The van der Waals surface area contributed by atoms with Crippen LogP contribution in [0.4, 0.5) is 4.79 Å². The SMILES string of the molecule is CC(CN)CC(=O)N1CCC2(CC1)NC(=O)NC2=O. The zero-order valence-electron chi connectivity index (χ0n) is 11.1. The number of amides is 4. The third kappa shape index (κ3) is 2.70. The average molecular weight is 268 g/mol. The minimum atomic E-state index is -0.812. The summed E-state index contributed by atoms with van der Waals surface area (Å²) in [7, 11) is 0. The van der Waals surface area contributed by atoms with Crippen LogP contribution in [0.15, 0.2) is 0 Å². The highest BCUT2D eigenvalue weighted by Crippen LogP contribution is 2.26. The fraction of sp³-hybridized carbons (Fsp3) is 0.750. The Bertz CT molecular complexity index is 402. The first-order chi connectivity index (χ1) is 8.97. The molecule has 2 saturated heterocycles. The van der Waals surface area contributed by atoms with E-state index in [0.717, 1.165) is 0 Å². The molecule has 0 aromatic carbocycles. The minimum absolute atomic E-state index is 0.0672. The summed E-state index contributed by atoms with van der Waals surface area (Å²) in [5.41, 5.74) is 4.69. The molecule has 7 nitrogen and oxygen atoms in total. The molecule has 0 aromatic heterocycles. The molecule has 2 rings (SSSR count). The molecule has 4 N–H and O–H groups in total. The van der Waals surface area contributed by atoms with Gasteiger partial charge in [-0.05, 0) is 25.3 Å². The highest BCUT2D eigenvalue weighted by Gasteiger charge is 2.48. The zero-order chi connectivity index (χ0) is 14.0. The van der Waals surface area contributed by atoms with Crippen molar-refractivity contribution in [2.45, 2.75) is 31.7 Å². The van der Waals surface area contributed by atoms with Crippen molar-refractivity contribution < 1.29 is 14.4 Å². The van der Waals surface area contributed by atoms with Crippen LogP contribution in [0, 0.1) is 5.92 Å². The number of likely N-dealkylation sites (tertiary alicyclic amines) is 1. The van der Waals surface area contributed by atoms with Crippen molar-refractivity contribution in [1.29, 1.82) is 0 Å². The van der Waals surface area contributed by atoms with Crippen molar-refractivity contribution in [2.75, 3.05) is 19.6 Å². The molecule has 0 radical (unpaired) electrons. The molecule has 2 aliphatic rings. The van der Waals surface area contributed by atoms with E-state index < -0.39 is 11.6 Å². The fourth-order valence-corrected chi connectivity index (χ4v) is 2.53. The van der Waals surface area contributed by atoms with Crippen LogP contribution in [0.2, 0.25) is 0 Å². The van der Waals surface area contributed by atoms with Crippen LogP contribution in [0.5, 0.6) is 0 Å². The molecular formula is C12H20N4O3. The number of imide groups is 1. The lowest BCUT2D eigenvalue weighted by atomic mass is 9.87. The Balaban J connectivity index is 1.90. The monoisotopic (exact) mass is 268 g/mol. The van der Waals surface area contributed by atoms with Gasteiger partial charge in [-0.3, -0.25) is 14.9 Å². The molecule has 2 fully saturated rings. The molecule has 1 atom stereocenters. The van der Waals surface area contributed by atoms with E-state index in [2.05, 4.69) is 10.6 Å². The van der Waals surface area contributed by atoms with Crippen molar-refractivity contribution in [3.8, 4) is 0 Å². The maximum absolute atomic E-state index is 12.0. The number of nitrogens with two attached hydrogens (primary N) is 1. The summed E-state index contributed by atoms with van der Waals surface area (Å²) in [5, 5.41) is 4.93. The van der Waals surface area contributed by atoms with Crippen molar-refractivity contribution in [2.24, 2.45) is 11.7 Å². The molecule has 0 aliphatic carbocycles. The molecule has 2 aliphatic heterocycles. The number of carbonyl (C=O) groups is 3. The first kappa shape index (κ1) is 13.8. The summed E-state index contributed by atoms with van der Waals surface area (Å²) in [6.45, 7) is 3.41. The van der Waals surface area contributed by atoms with Crippen LogP contribution in [0.1, 0.15) is 26.2 Å². The van der Waals surface area contributed by atoms with E-state index in [-0.39, 0.29) is 17.7 Å². The van der Waals surface area contributed by atoms with Crippen LogP contribution in [-0.4, -0.2) is 47.9 Å². The summed E-state index contributed by atoms with van der Waals surface area (Å²) >= 11 is 0. The maximum atomic E-state index is 12.0. The molecule has 4 amide bonds. The second-order valence-corrected chi connectivity index (χ2v) is 5.42. The Hall–Kier alpha value is -1.63. The summed E-state index contributed by atoms with van der Waals surface area (Å²) in [6, 6.07) is -0.443. The molecule has 1 unspecified atom stereocenters. The van der Waals surface area contributed by atoms with E-state index in [1.807, 2.05) is 6.92 Å². The van der Waals surface area contributed by atoms with E-state index in [1.165, 1.54) is 0 Å². The van der Waals surface area contributed by atoms with Gasteiger partial charge in [0.15, 0.2) is 0 Å². The lowest BCUT2D eigenvalue weighted by Crippen LogP contribution is -2.55. The Kier molecular flexibility index (Phi) is 3.75.